The molecule has 278 valence electrons. The molecule has 0 fully saturated rings. The van der Waals surface area contributed by atoms with Crippen LogP contribution >= 0.6 is 0 Å². The van der Waals surface area contributed by atoms with Gasteiger partial charge in [-0.3, -0.25) is 13.5 Å². The van der Waals surface area contributed by atoms with Crippen molar-refractivity contribution in [2.24, 2.45) is 0 Å². The maximum atomic E-state index is 5.42. The third-order valence-corrected chi connectivity index (χ3v) is 13.0. The number of para-hydroxylation sites is 5. The van der Waals surface area contributed by atoms with Crippen molar-refractivity contribution in [3.63, 3.8) is 0 Å². The minimum atomic E-state index is -0.0342. The predicted molar refractivity (Wildman–Crippen MR) is 244 cm³/mol. The highest BCUT2D eigenvalue weighted by atomic mass is 15.3. The van der Waals surface area contributed by atoms with Crippen molar-refractivity contribution >= 4 is 60.7 Å². The lowest BCUT2D eigenvalue weighted by Gasteiger charge is -2.22. The van der Waals surface area contributed by atoms with Gasteiger partial charge in [-0.1, -0.05) is 129 Å². The van der Waals surface area contributed by atoms with Crippen LogP contribution in [0.1, 0.15) is 25.0 Å². The number of rotatable bonds is 4. The average molecular weight is 756 g/mol. The number of nitrogens with zero attached hydrogens (tertiary/aromatic N) is 5. The van der Waals surface area contributed by atoms with Crippen molar-refractivity contribution in [1.82, 2.24) is 23.1 Å². The van der Waals surface area contributed by atoms with Crippen LogP contribution in [0.5, 0.6) is 0 Å². The lowest BCUT2D eigenvalue weighted by molar-refractivity contribution is 0.660. The number of hydrogen-bond donors (Lipinski definition) is 0. The quantitative estimate of drug-likeness (QED) is 0.176. The molecule has 4 aromatic heterocycles. The molecule has 59 heavy (non-hydrogen) atoms. The van der Waals surface area contributed by atoms with Crippen molar-refractivity contribution in [1.29, 1.82) is 0 Å². The summed E-state index contributed by atoms with van der Waals surface area (Å²) in [5, 5.41) is 3.57. The highest BCUT2D eigenvalue weighted by molar-refractivity contribution is 6.12. The lowest BCUT2D eigenvalue weighted by atomic mass is 9.81. The number of fused-ring (bicyclic) bond motifs is 13. The summed E-state index contributed by atoms with van der Waals surface area (Å²) in [6.45, 7) is 4.69. The van der Waals surface area contributed by atoms with Crippen LogP contribution in [-0.2, 0) is 5.41 Å². The Labute approximate surface area is 340 Å². The van der Waals surface area contributed by atoms with Crippen LogP contribution in [0.2, 0.25) is 0 Å². The second-order valence-corrected chi connectivity index (χ2v) is 16.5. The van der Waals surface area contributed by atoms with Gasteiger partial charge < -0.3 is 4.57 Å². The van der Waals surface area contributed by atoms with E-state index in [2.05, 4.69) is 220 Å². The van der Waals surface area contributed by atoms with E-state index in [1.807, 2.05) is 0 Å². The molecular weight excluding hydrogens is 719 g/mol. The number of imidazole rings is 2. The fourth-order valence-corrected chi connectivity index (χ4v) is 10.3. The molecule has 4 heterocycles. The van der Waals surface area contributed by atoms with Gasteiger partial charge in [0.2, 0.25) is 5.78 Å². The molecule has 0 unspecified atom stereocenters. The second-order valence-electron chi connectivity index (χ2n) is 16.5. The Balaban J connectivity index is 0.981. The molecule has 0 atom stereocenters. The van der Waals surface area contributed by atoms with Crippen LogP contribution in [0.25, 0.3) is 100.0 Å². The molecule has 0 bridgehead atoms. The Morgan fingerprint density at radius 2 is 0.983 bits per heavy atom. The summed E-state index contributed by atoms with van der Waals surface area (Å²) in [6.07, 6.45) is 0. The van der Waals surface area contributed by atoms with Crippen LogP contribution in [0.3, 0.4) is 0 Å². The van der Waals surface area contributed by atoms with E-state index in [0.717, 1.165) is 55.9 Å². The van der Waals surface area contributed by atoms with Gasteiger partial charge in [-0.25, -0.2) is 4.98 Å². The SMILES string of the molecule is CC1(C)c2ccccc2-c2ccc(-c3ccc(-n4c5ccccc5c5cc(-n6c7ccccc7c7nc8n(-c9ccccc9)c9ccccc9n8c76)ccc54)cc3)cc21. The first-order chi connectivity index (χ1) is 29.0. The first-order valence-electron chi connectivity index (χ1n) is 20.4. The molecule has 0 radical (unpaired) electrons. The highest BCUT2D eigenvalue weighted by Crippen LogP contribution is 2.49. The maximum Gasteiger partial charge on any atom is 0.221 e. The van der Waals surface area contributed by atoms with Gasteiger partial charge in [0.25, 0.3) is 0 Å². The molecule has 1 aliphatic carbocycles. The highest BCUT2D eigenvalue weighted by Gasteiger charge is 2.35. The largest absolute Gasteiger partial charge is 0.309 e. The second kappa shape index (κ2) is 11.7. The van der Waals surface area contributed by atoms with Crippen molar-refractivity contribution < 1.29 is 0 Å². The van der Waals surface area contributed by atoms with Crippen molar-refractivity contribution in [3.8, 4) is 39.3 Å². The summed E-state index contributed by atoms with van der Waals surface area (Å²) in [6, 6.07) is 68.5. The van der Waals surface area contributed by atoms with Crippen LogP contribution < -0.4 is 0 Å². The number of hydrogen-bond acceptors (Lipinski definition) is 1. The third-order valence-electron chi connectivity index (χ3n) is 13.0. The van der Waals surface area contributed by atoms with Crippen LogP contribution in [-0.4, -0.2) is 23.1 Å². The standard InChI is InChI=1S/C54H37N5/c1-54(2)44-19-9-6-16-39(44)40-30-26-35(32-45(40)54)34-24-27-37(28-25-34)56-46-20-10-7-17-41(46)43-33-38(29-31-48(43)56)57-47-21-11-8-18-42(47)51-52(57)59-50-23-13-12-22-49(50)58(53(59)55-51)36-14-4-3-5-15-36/h3-33H,1-2H3. The maximum absolute atomic E-state index is 5.42. The molecule has 1 aliphatic rings. The van der Waals surface area contributed by atoms with Crippen molar-refractivity contribution in [2.75, 3.05) is 0 Å². The fraction of sp³-hybridized carbons (Fsp3) is 0.0556. The van der Waals surface area contributed by atoms with E-state index < -0.39 is 0 Å². The third kappa shape index (κ3) is 4.36. The van der Waals surface area contributed by atoms with E-state index in [9.17, 15) is 0 Å². The topological polar surface area (TPSA) is 32.1 Å². The summed E-state index contributed by atoms with van der Waals surface area (Å²) in [5.41, 5.74) is 19.0. The van der Waals surface area contributed by atoms with E-state index in [1.165, 1.54) is 55.2 Å². The van der Waals surface area contributed by atoms with E-state index in [1.54, 1.807) is 0 Å². The molecule has 0 spiro atoms. The molecule has 0 N–H and O–H groups in total. The van der Waals surface area contributed by atoms with Gasteiger partial charge in [0.05, 0.1) is 27.6 Å². The minimum absolute atomic E-state index is 0.0342. The molecule has 0 saturated carbocycles. The van der Waals surface area contributed by atoms with Crippen molar-refractivity contribution in [3.05, 3.63) is 199 Å². The summed E-state index contributed by atoms with van der Waals surface area (Å²) in [4.78, 5) is 5.42. The van der Waals surface area contributed by atoms with Gasteiger partial charge in [-0.2, -0.15) is 0 Å². The molecule has 5 heteroatoms. The van der Waals surface area contributed by atoms with Crippen LogP contribution in [0.15, 0.2) is 188 Å². The number of benzene rings is 8. The van der Waals surface area contributed by atoms with Crippen LogP contribution in [0.4, 0.5) is 0 Å². The van der Waals surface area contributed by atoms with Gasteiger partial charge in [0.1, 0.15) is 5.52 Å². The lowest BCUT2D eigenvalue weighted by Crippen LogP contribution is -2.14. The van der Waals surface area contributed by atoms with Gasteiger partial charge in [-0.15, -0.1) is 0 Å². The summed E-state index contributed by atoms with van der Waals surface area (Å²) in [7, 11) is 0. The Bertz CT molecular complexity index is 3680. The molecule has 8 aromatic carbocycles. The average Bonchev–Trinajstić information content (AvgIpc) is 4.05. The van der Waals surface area contributed by atoms with E-state index >= 15 is 0 Å². The Hall–Kier alpha value is -7.63. The molecule has 12 aromatic rings. The summed E-state index contributed by atoms with van der Waals surface area (Å²) < 4.78 is 9.44. The molecule has 0 amide bonds. The van der Waals surface area contributed by atoms with E-state index in [-0.39, 0.29) is 5.41 Å². The monoisotopic (exact) mass is 755 g/mol. The normalized spacial score (nSPS) is 13.4. The van der Waals surface area contributed by atoms with Crippen LogP contribution in [0, 0.1) is 0 Å². The molecule has 5 nitrogen and oxygen atoms in total. The molecule has 0 saturated heterocycles. The molecular formula is C54H37N5. The van der Waals surface area contributed by atoms with Crippen molar-refractivity contribution in [2.45, 2.75) is 19.3 Å². The zero-order valence-corrected chi connectivity index (χ0v) is 32.6. The molecule has 13 rings (SSSR count). The fourth-order valence-electron chi connectivity index (χ4n) is 10.3. The predicted octanol–water partition coefficient (Wildman–Crippen LogP) is 13.4. The zero-order valence-electron chi connectivity index (χ0n) is 32.6. The first-order valence-corrected chi connectivity index (χ1v) is 20.4. The number of aromatic nitrogens is 5. The summed E-state index contributed by atoms with van der Waals surface area (Å²) >= 11 is 0. The Morgan fingerprint density at radius 1 is 0.390 bits per heavy atom. The first kappa shape index (κ1) is 32.5. The van der Waals surface area contributed by atoms with Gasteiger partial charge in [-0.05, 0) is 106 Å². The zero-order chi connectivity index (χ0) is 39.0. The van der Waals surface area contributed by atoms with Gasteiger partial charge >= 0.3 is 0 Å². The van der Waals surface area contributed by atoms with Gasteiger partial charge in [0, 0.05) is 38.6 Å². The Morgan fingerprint density at radius 3 is 1.80 bits per heavy atom. The minimum Gasteiger partial charge on any atom is -0.309 e. The van der Waals surface area contributed by atoms with Gasteiger partial charge in [0.15, 0.2) is 5.65 Å². The van der Waals surface area contributed by atoms with E-state index in [0.29, 0.717) is 0 Å². The Kier molecular flexibility index (Phi) is 6.44. The van der Waals surface area contributed by atoms with E-state index in [4.69, 9.17) is 4.98 Å². The molecule has 0 aliphatic heterocycles. The summed E-state index contributed by atoms with van der Waals surface area (Å²) in [5.74, 6) is 0.900. The smallest absolute Gasteiger partial charge is 0.221 e.